The Bertz CT molecular complexity index is 1120. The molecule has 4 nitrogen and oxygen atoms in total. The number of furan rings is 1. The van der Waals surface area contributed by atoms with Gasteiger partial charge in [-0.15, -0.1) is 0 Å². The summed E-state index contributed by atoms with van der Waals surface area (Å²) in [7, 11) is 0. The number of rotatable bonds is 3. The molecule has 0 fully saturated rings. The largest absolute Gasteiger partial charge is 0.436 e. The number of hydrogen-bond acceptors (Lipinski definition) is 4. The summed E-state index contributed by atoms with van der Waals surface area (Å²) in [5, 5.41) is 3.97. The first-order valence-corrected chi connectivity index (χ1v) is 8.37. The molecule has 4 aromatic rings. The smallest absolute Gasteiger partial charge is 0.215 e. The van der Waals surface area contributed by atoms with Crippen molar-refractivity contribution in [2.24, 2.45) is 0 Å². The van der Waals surface area contributed by atoms with Gasteiger partial charge in [0.25, 0.3) is 0 Å². The van der Waals surface area contributed by atoms with E-state index < -0.39 is 5.82 Å². The van der Waals surface area contributed by atoms with Gasteiger partial charge in [0, 0.05) is 17.4 Å². The van der Waals surface area contributed by atoms with Crippen LogP contribution in [0.25, 0.3) is 22.2 Å². The average molecular weight is 368 g/mol. The van der Waals surface area contributed by atoms with Crippen LogP contribution in [0.1, 0.15) is 5.56 Å². The molecule has 3 N–H and O–H groups in total. The molecule has 0 radical (unpaired) electrons. The minimum absolute atomic E-state index is 0.0310. The predicted molar refractivity (Wildman–Crippen MR) is 103 cm³/mol. The zero-order chi connectivity index (χ0) is 18.3. The fourth-order valence-electron chi connectivity index (χ4n) is 2.89. The zero-order valence-electron chi connectivity index (χ0n) is 13.9. The molecule has 0 bridgehead atoms. The molecule has 0 aliphatic rings. The van der Waals surface area contributed by atoms with Crippen LogP contribution in [0, 0.1) is 12.7 Å². The van der Waals surface area contributed by atoms with Gasteiger partial charge in [-0.1, -0.05) is 35.4 Å². The first kappa shape index (κ1) is 16.4. The number of nitrogens with zero attached hydrogens (tertiary/aromatic N) is 1. The summed E-state index contributed by atoms with van der Waals surface area (Å²) in [6.07, 6.45) is 1.71. The molecule has 2 aromatic carbocycles. The molecule has 0 unspecified atom stereocenters. The van der Waals surface area contributed by atoms with E-state index in [0.29, 0.717) is 22.7 Å². The second-order valence-electron chi connectivity index (χ2n) is 6.00. The van der Waals surface area contributed by atoms with Gasteiger partial charge in [-0.25, -0.2) is 4.39 Å². The van der Waals surface area contributed by atoms with Crippen molar-refractivity contribution in [3.63, 3.8) is 0 Å². The number of nitrogens with one attached hydrogen (secondary N) is 1. The zero-order valence-corrected chi connectivity index (χ0v) is 14.6. The molecule has 4 rings (SSSR count). The van der Waals surface area contributed by atoms with Gasteiger partial charge in [0.15, 0.2) is 5.58 Å². The highest BCUT2D eigenvalue weighted by Gasteiger charge is 2.17. The molecule has 130 valence electrons. The average Bonchev–Trinajstić information content (AvgIpc) is 2.94. The SMILES string of the molecule is Cc1cccc(-c2nccc3c(Nc4ccc(F)c(Cl)c4)c(N)oc23)c1. The monoisotopic (exact) mass is 367 g/mol. The number of benzene rings is 2. The quantitative estimate of drug-likeness (QED) is 0.471. The van der Waals surface area contributed by atoms with E-state index in [0.717, 1.165) is 16.5 Å². The van der Waals surface area contributed by atoms with Gasteiger partial charge in [0.2, 0.25) is 5.88 Å². The lowest BCUT2D eigenvalue weighted by molar-refractivity contribution is 0.628. The molecule has 2 heterocycles. The Morgan fingerprint density at radius 1 is 1.15 bits per heavy atom. The summed E-state index contributed by atoms with van der Waals surface area (Å²) < 4.78 is 19.2. The number of pyridine rings is 1. The van der Waals surface area contributed by atoms with Crippen molar-refractivity contribution in [1.29, 1.82) is 0 Å². The number of nitrogens with two attached hydrogens (primary N) is 1. The number of fused-ring (bicyclic) bond motifs is 1. The molecule has 2 aromatic heterocycles. The van der Waals surface area contributed by atoms with Crippen LogP contribution >= 0.6 is 11.6 Å². The highest BCUT2D eigenvalue weighted by Crippen LogP contribution is 2.39. The summed E-state index contributed by atoms with van der Waals surface area (Å²) in [5.41, 5.74) is 10.7. The van der Waals surface area contributed by atoms with Gasteiger partial charge >= 0.3 is 0 Å². The number of aromatic nitrogens is 1. The van der Waals surface area contributed by atoms with Gasteiger partial charge < -0.3 is 15.5 Å². The summed E-state index contributed by atoms with van der Waals surface area (Å²) in [5.74, 6) is -0.254. The molecule has 0 aliphatic carbocycles. The van der Waals surface area contributed by atoms with Gasteiger partial charge in [-0.05, 0) is 37.3 Å². The molecular formula is C20H15ClFN3O. The third kappa shape index (κ3) is 2.86. The van der Waals surface area contributed by atoms with Crippen molar-refractivity contribution in [2.45, 2.75) is 6.92 Å². The summed E-state index contributed by atoms with van der Waals surface area (Å²) in [4.78, 5) is 4.46. The Morgan fingerprint density at radius 2 is 2.00 bits per heavy atom. The summed E-state index contributed by atoms with van der Waals surface area (Å²) in [6.45, 7) is 2.02. The highest BCUT2D eigenvalue weighted by molar-refractivity contribution is 6.31. The van der Waals surface area contributed by atoms with Crippen LogP contribution in [0.5, 0.6) is 0 Å². The van der Waals surface area contributed by atoms with E-state index in [2.05, 4.69) is 10.3 Å². The third-order valence-corrected chi connectivity index (χ3v) is 4.40. The predicted octanol–water partition coefficient (Wildman–Crippen LogP) is 5.92. The van der Waals surface area contributed by atoms with Crippen LogP contribution in [-0.2, 0) is 0 Å². The lowest BCUT2D eigenvalue weighted by atomic mass is 10.1. The number of halogens is 2. The van der Waals surface area contributed by atoms with Crippen molar-refractivity contribution < 1.29 is 8.81 Å². The molecular weight excluding hydrogens is 353 g/mol. The van der Waals surface area contributed by atoms with Crippen LogP contribution in [0.3, 0.4) is 0 Å². The molecule has 0 spiro atoms. The van der Waals surface area contributed by atoms with E-state index in [1.165, 1.54) is 12.1 Å². The Balaban J connectivity index is 1.83. The van der Waals surface area contributed by atoms with Crippen LogP contribution < -0.4 is 11.1 Å². The number of aryl methyl sites for hydroxylation is 1. The lowest BCUT2D eigenvalue weighted by Gasteiger charge is -2.06. The normalized spacial score (nSPS) is 11.0. The second-order valence-corrected chi connectivity index (χ2v) is 6.41. The van der Waals surface area contributed by atoms with E-state index in [1.54, 1.807) is 12.3 Å². The molecule has 0 saturated heterocycles. The number of anilines is 3. The summed E-state index contributed by atoms with van der Waals surface area (Å²) >= 11 is 5.85. The minimum atomic E-state index is -0.479. The van der Waals surface area contributed by atoms with Gasteiger partial charge in [0.1, 0.15) is 17.2 Å². The van der Waals surface area contributed by atoms with Gasteiger partial charge in [0.05, 0.1) is 10.4 Å². The standard InChI is InChI=1S/C20H15ClFN3O/c1-11-3-2-4-12(9-11)17-19-14(7-8-24-17)18(20(23)26-19)25-13-5-6-16(22)15(21)10-13/h2-10,25H,23H2,1H3. The molecule has 26 heavy (non-hydrogen) atoms. The Kier molecular flexibility index (Phi) is 4.01. The van der Waals surface area contributed by atoms with Crippen molar-refractivity contribution in [1.82, 2.24) is 4.98 Å². The Morgan fingerprint density at radius 3 is 2.77 bits per heavy atom. The fraction of sp³-hybridized carbons (Fsp3) is 0.0500. The first-order chi connectivity index (χ1) is 12.5. The highest BCUT2D eigenvalue weighted by atomic mass is 35.5. The topological polar surface area (TPSA) is 64.1 Å². The molecule has 0 saturated carbocycles. The van der Waals surface area contributed by atoms with Crippen molar-refractivity contribution in [3.05, 3.63) is 71.1 Å². The van der Waals surface area contributed by atoms with Crippen molar-refractivity contribution in [2.75, 3.05) is 11.1 Å². The van der Waals surface area contributed by atoms with Crippen LogP contribution in [0.2, 0.25) is 5.02 Å². The van der Waals surface area contributed by atoms with Crippen molar-refractivity contribution >= 4 is 39.8 Å². The van der Waals surface area contributed by atoms with Crippen LogP contribution in [0.4, 0.5) is 21.6 Å². The molecule has 0 atom stereocenters. The number of hydrogen-bond donors (Lipinski definition) is 2. The van der Waals surface area contributed by atoms with Crippen LogP contribution in [0.15, 0.2) is 59.1 Å². The molecule has 0 amide bonds. The van der Waals surface area contributed by atoms with E-state index in [9.17, 15) is 4.39 Å². The van der Waals surface area contributed by atoms with Gasteiger partial charge in [-0.2, -0.15) is 0 Å². The van der Waals surface area contributed by atoms with Crippen molar-refractivity contribution in [3.8, 4) is 11.3 Å². The first-order valence-electron chi connectivity index (χ1n) is 7.99. The second kappa shape index (κ2) is 6.35. The van der Waals surface area contributed by atoms with Gasteiger partial charge in [-0.3, -0.25) is 4.98 Å². The maximum atomic E-state index is 13.4. The minimum Gasteiger partial charge on any atom is -0.436 e. The molecule has 6 heteroatoms. The van der Waals surface area contributed by atoms with E-state index >= 15 is 0 Å². The maximum Gasteiger partial charge on any atom is 0.215 e. The Hall–Kier alpha value is -3.05. The van der Waals surface area contributed by atoms with E-state index in [-0.39, 0.29) is 10.9 Å². The Labute approximate surface area is 154 Å². The van der Waals surface area contributed by atoms with Crippen LogP contribution in [-0.4, -0.2) is 4.98 Å². The lowest BCUT2D eigenvalue weighted by Crippen LogP contribution is -1.94. The summed E-state index contributed by atoms with van der Waals surface area (Å²) in [6, 6.07) is 14.2. The molecule has 0 aliphatic heterocycles. The fourth-order valence-corrected chi connectivity index (χ4v) is 3.07. The van der Waals surface area contributed by atoms with E-state index in [4.69, 9.17) is 21.8 Å². The maximum absolute atomic E-state index is 13.4. The van der Waals surface area contributed by atoms with E-state index in [1.807, 2.05) is 37.3 Å². The number of nitrogen functional groups attached to an aromatic ring is 1. The third-order valence-electron chi connectivity index (χ3n) is 4.11.